The molecule has 4 unspecified atom stereocenters. The van der Waals surface area contributed by atoms with Gasteiger partial charge in [-0.1, -0.05) is 41.5 Å². The first-order valence-corrected chi connectivity index (χ1v) is 16.6. The molecule has 0 bridgehead atoms. The van der Waals surface area contributed by atoms with Crippen LogP contribution in [-0.4, -0.2) is 147 Å². The van der Waals surface area contributed by atoms with Crippen LogP contribution in [0.3, 0.4) is 0 Å². The molecule has 5 N–H and O–H groups in total. The van der Waals surface area contributed by atoms with Crippen LogP contribution in [0.25, 0.3) is 0 Å². The quantitative estimate of drug-likeness (QED) is 0.0667. The second-order valence-electron chi connectivity index (χ2n) is 12.5. The predicted molar refractivity (Wildman–Crippen MR) is 167 cm³/mol. The van der Waals surface area contributed by atoms with Crippen LogP contribution in [0.2, 0.25) is 0 Å². The third-order valence-electron chi connectivity index (χ3n) is 8.09. The molecule has 1 aliphatic heterocycles. The first kappa shape index (κ1) is 42.5. The Labute approximate surface area is 270 Å². The van der Waals surface area contributed by atoms with E-state index in [1.807, 2.05) is 41.5 Å². The summed E-state index contributed by atoms with van der Waals surface area (Å²) in [7, 11) is 0. The fraction of sp³-hybridized carbons (Fsp3) is 1.00. The van der Waals surface area contributed by atoms with Gasteiger partial charge in [-0.15, -0.1) is 0 Å². The number of hydrogen-bond acceptors (Lipinski definition) is 13. The third kappa shape index (κ3) is 15.1. The number of ether oxygens (including phenoxy) is 8. The van der Waals surface area contributed by atoms with E-state index in [1.54, 1.807) is 13.8 Å². The van der Waals surface area contributed by atoms with E-state index in [9.17, 15) is 20.4 Å². The van der Waals surface area contributed by atoms with Crippen molar-refractivity contribution in [3.05, 3.63) is 0 Å². The van der Waals surface area contributed by atoms with Gasteiger partial charge in [0, 0.05) is 31.0 Å². The van der Waals surface area contributed by atoms with Crippen LogP contribution >= 0.6 is 0 Å². The van der Waals surface area contributed by atoms with Crippen LogP contribution in [0.5, 0.6) is 0 Å². The second-order valence-corrected chi connectivity index (χ2v) is 12.5. The molecular weight excluding hydrogens is 592 g/mol. The highest BCUT2D eigenvalue weighted by atomic mass is 16.7. The first-order valence-electron chi connectivity index (χ1n) is 16.6. The molecule has 12 atom stereocenters. The van der Waals surface area contributed by atoms with Gasteiger partial charge in [-0.2, -0.15) is 0 Å². The Morgan fingerprint density at radius 3 is 1.89 bits per heavy atom. The van der Waals surface area contributed by atoms with E-state index in [2.05, 4.69) is 0 Å². The largest absolute Gasteiger partial charge is 0.396 e. The van der Waals surface area contributed by atoms with Gasteiger partial charge in [-0.05, 0) is 26.2 Å². The highest BCUT2D eigenvalue weighted by molar-refractivity contribution is 4.90. The average Bonchev–Trinajstić information content (AvgIpc) is 3.02. The number of rotatable bonds is 26. The summed E-state index contributed by atoms with van der Waals surface area (Å²) in [6.45, 7) is 16.0. The summed E-state index contributed by atoms with van der Waals surface area (Å²) in [6, 6.07) is 0. The summed E-state index contributed by atoms with van der Waals surface area (Å²) in [5.41, 5.74) is 0. The fourth-order valence-corrected chi connectivity index (χ4v) is 4.63. The van der Waals surface area contributed by atoms with Gasteiger partial charge >= 0.3 is 0 Å². The molecule has 0 aromatic rings. The Balaban J connectivity index is 3.17. The zero-order valence-corrected chi connectivity index (χ0v) is 28.8. The Bertz CT molecular complexity index is 717. The maximum Gasteiger partial charge on any atom is 0.163 e. The SMILES string of the molecule is CCCOCC(O[C@@H](C)[C@@H](C)CO)[C@H](C)O[C@@H]1O[C@@H](COCCO)[C@@H](O[C@H](OC(COCCO)C(C)C)[C@@H](C)CO)C(O)C1C. The van der Waals surface area contributed by atoms with Crippen molar-refractivity contribution in [3.8, 4) is 0 Å². The van der Waals surface area contributed by atoms with Gasteiger partial charge in [-0.3, -0.25) is 0 Å². The van der Waals surface area contributed by atoms with Crippen LogP contribution in [0.15, 0.2) is 0 Å². The maximum absolute atomic E-state index is 11.6. The smallest absolute Gasteiger partial charge is 0.163 e. The lowest BCUT2D eigenvalue weighted by Crippen LogP contribution is -2.59. The van der Waals surface area contributed by atoms with E-state index in [0.29, 0.717) is 6.61 Å². The molecule has 0 radical (unpaired) electrons. The molecule has 1 rings (SSSR count). The minimum atomic E-state index is -1.07. The summed E-state index contributed by atoms with van der Waals surface area (Å²) in [4.78, 5) is 0. The summed E-state index contributed by atoms with van der Waals surface area (Å²) in [5.74, 6) is -1.05. The maximum atomic E-state index is 11.6. The molecule has 0 spiro atoms. The van der Waals surface area contributed by atoms with E-state index < -0.39 is 61.0 Å². The van der Waals surface area contributed by atoms with Crippen molar-refractivity contribution in [2.45, 2.75) is 117 Å². The molecule has 1 aliphatic rings. The average molecular weight is 657 g/mol. The number of hydrogen-bond donors (Lipinski definition) is 5. The van der Waals surface area contributed by atoms with Gasteiger partial charge in [0.1, 0.15) is 18.3 Å². The highest BCUT2D eigenvalue weighted by Gasteiger charge is 2.47. The van der Waals surface area contributed by atoms with E-state index in [0.717, 1.165) is 6.42 Å². The molecule has 0 saturated carbocycles. The van der Waals surface area contributed by atoms with E-state index in [-0.39, 0.29) is 77.4 Å². The van der Waals surface area contributed by atoms with Gasteiger partial charge < -0.3 is 63.4 Å². The summed E-state index contributed by atoms with van der Waals surface area (Å²) in [6.07, 6.45) is -5.32. The standard InChI is InChI=1S/C32H64O13/c1-9-12-38-18-27(41-24(7)21(4)15-35)25(8)42-32-23(6)29(37)30(28(44-32)19-40-14-11-34)45-31(22(5)16-36)43-26(20(2)3)17-39-13-10-33/h20-37H,9-19H2,1-8H3/t21-,22-,23?,24-,25-,26?,27?,28-,29?,30+,31-,32+/m0/s1. The minimum absolute atomic E-state index is 0.00127. The molecule has 1 fully saturated rings. The van der Waals surface area contributed by atoms with Crippen molar-refractivity contribution in [2.75, 3.05) is 66.1 Å². The van der Waals surface area contributed by atoms with Crippen molar-refractivity contribution in [1.29, 1.82) is 0 Å². The lowest BCUT2D eigenvalue weighted by Gasteiger charge is -2.46. The Kier molecular flexibility index (Phi) is 22.4. The van der Waals surface area contributed by atoms with Crippen molar-refractivity contribution < 1.29 is 63.4 Å². The molecule has 1 saturated heterocycles. The van der Waals surface area contributed by atoms with Crippen LogP contribution in [0.1, 0.15) is 61.8 Å². The molecule has 0 aromatic carbocycles. The van der Waals surface area contributed by atoms with Crippen LogP contribution < -0.4 is 0 Å². The first-order chi connectivity index (χ1) is 21.4. The van der Waals surface area contributed by atoms with Gasteiger partial charge in [-0.25, -0.2) is 0 Å². The number of aliphatic hydroxyl groups is 5. The van der Waals surface area contributed by atoms with Gasteiger partial charge in [0.15, 0.2) is 12.6 Å². The zero-order chi connectivity index (χ0) is 33.9. The zero-order valence-electron chi connectivity index (χ0n) is 28.8. The lowest BCUT2D eigenvalue weighted by molar-refractivity contribution is -0.337. The van der Waals surface area contributed by atoms with Crippen molar-refractivity contribution in [3.63, 3.8) is 0 Å². The third-order valence-corrected chi connectivity index (χ3v) is 8.09. The molecule has 0 aliphatic carbocycles. The Morgan fingerprint density at radius 1 is 0.711 bits per heavy atom. The summed E-state index contributed by atoms with van der Waals surface area (Å²) >= 11 is 0. The normalized spacial score (nSPS) is 27.2. The monoisotopic (exact) mass is 656 g/mol. The van der Waals surface area contributed by atoms with Crippen LogP contribution in [-0.2, 0) is 37.9 Å². The number of aliphatic hydroxyl groups excluding tert-OH is 5. The van der Waals surface area contributed by atoms with Crippen molar-refractivity contribution >= 4 is 0 Å². The molecule has 270 valence electrons. The lowest BCUT2D eigenvalue weighted by atomic mass is 9.92. The molecule has 1 heterocycles. The summed E-state index contributed by atoms with van der Waals surface area (Å²) in [5, 5.41) is 49.6. The van der Waals surface area contributed by atoms with Gasteiger partial charge in [0.25, 0.3) is 0 Å². The van der Waals surface area contributed by atoms with E-state index >= 15 is 0 Å². The van der Waals surface area contributed by atoms with Crippen LogP contribution in [0.4, 0.5) is 0 Å². The highest BCUT2D eigenvalue weighted by Crippen LogP contribution is 2.33. The van der Waals surface area contributed by atoms with E-state index in [4.69, 9.17) is 43.0 Å². The molecule has 45 heavy (non-hydrogen) atoms. The van der Waals surface area contributed by atoms with Crippen LogP contribution in [0, 0.1) is 23.7 Å². The Hall–Kier alpha value is -0.520. The van der Waals surface area contributed by atoms with E-state index in [1.165, 1.54) is 0 Å². The second kappa shape index (κ2) is 23.7. The minimum Gasteiger partial charge on any atom is -0.396 e. The van der Waals surface area contributed by atoms with Gasteiger partial charge in [0.2, 0.25) is 0 Å². The van der Waals surface area contributed by atoms with Crippen molar-refractivity contribution in [2.24, 2.45) is 23.7 Å². The summed E-state index contributed by atoms with van der Waals surface area (Å²) < 4.78 is 48.6. The fourth-order valence-electron chi connectivity index (χ4n) is 4.63. The topological polar surface area (TPSA) is 175 Å². The molecule has 0 amide bonds. The van der Waals surface area contributed by atoms with Gasteiger partial charge in [0.05, 0.1) is 77.3 Å². The molecule has 13 nitrogen and oxygen atoms in total. The molecular formula is C32H64O13. The molecule has 13 heteroatoms. The molecule has 0 aromatic heterocycles. The van der Waals surface area contributed by atoms with Crippen molar-refractivity contribution in [1.82, 2.24) is 0 Å². The Morgan fingerprint density at radius 2 is 1.31 bits per heavy atom. The predicted octanol–water partition coefficient (Wildman–Crippen LogP) is 1.34.